The summed E-state index contributed by atoms with van der Waals surface area (Å²) in [5.74, 6) is 0.931. The minimum absolute atomic E-state index is 0.575. The Hall–Kier alpha value is -3.09. The van der Waals surface area contributed by atoms with E-state index in [1.165, 1.54) is 12.8 Å². The molecular formula is C19H19N7. The van der Waals surface area contributed by atoms with Gasteiger partial charge in [-0.1, -0.05) is 6.07 Å². The van der Waals surface area contributed by atoms with Crippen LogP contribution in [0.2, 0.25) is 0 Å². The predicted molar refractivity (Wildman–Crippen MR) is 102 cm³/mol. The highest BCUT2D eigenvalue weighted by atomic mass is 15.3. The molecule has 0 radical (unpaired) electrons. The molecule has 2 aromatic heterocycles. The Balaban J connectivity index is 1.51. The number of benzene rings is 1. The number of hydrogen-bond donors (Lipinski definition) is 2. The standard InChI is InChI=1S/C19H19N7/c1-4-15-13(10-20-11-22-15)9-12(1)18-17(23-19-21-6-8-25(18)19)16-5-7-26(24-16)14-2-3-14/h1,4-5,7,9-10,14,22H,2-3,6,8,11H2,(H,21,23). The Morgan fingerprint density at radius 1 is 1.12 bits per heavy atom. The zero-order valence-corrected chi connectivity index (χ0v) is 14.3. The molecule has 1 aromatic carbocycles. The van der Waals surface area contributed by atoms with E-state index in [-0.39, 0.29) is 0 Å². The van der Waals surface area contributed by atoms with Crippen molar-refractivity contribution in [1.29, 1.82) is 0 Å². The number of nitrogens with one attached hydrogen (secondary N) is 2. The molecule has 0 bridgehead atoms. The number of imidazole rings is 1. The summed E-state index contributed by atoms with van der Waals surface area (Å²) in [7, 11) is 0. The topological polar surface area (TPSA) is 72.1 Å². The molecule has 2 aliphatic heterocycles. The van der Waals surface area contributed by atoms with Gasteiger partial charge in [-0.15, -0.1) is 0 Å². The number of anilines is 2. The van der Waals surface area contributed by atoms with Gasteiger partial charge in [-0.2, -0.15) is 5.10 Å². The lowest BCUT2D eigenvalue weighted by molar-refractivity contribution is 0.643. The zero-order chi connectivity index (χ0) is 17.1. The molecule has 6 rings (SSSR count). The summed E-state index contributed by atoms with van der Waals surface area (Å²) in [4.78, 5) is 9.21. The number of hydrogen-bond acceptors (Lipinski definition) is 5. The lowest BCUT2D eigenvalue weighted by Gasteiger charge is -2.14. The van der Waals surface area contributed by atoms with Crippen LogP contribution < -0.4 is 10.6 Å². The van der Waals surface area contributed by atoms with E-state index in [0.29, 0.717) is 12.7 Å². The van der Waals surface area contributed by atoms with Crippen LogP contribution in [0.25, 0.3) is 22.6 Å². The third-order valence-corrected chi connectivity index (χ3v) is 5.27. The van der Waals surface area contributed by atoms with Gasteiger partial charge < -0.3 is 15.2 Å². The van der Waals surface area contributed by atoms with Crippen LogP contribution in [0.5, 0.6) is 0 Å². The van der Waals surface area contributed by atoms with Crippen molar-refractivity contribution in [3.63, 3.8) is 0 Å². The summed E-state index contributed by atoms with van der Waals surface area (Å²) in [6.07, 6.45) is 6.48. The Bertz CT molecular complexity index is 1040. The van der Waals surface area contributed by atoms with Crippen molar-refractivity contribution in [2.75, 3.05) is 23.8 Å². The molecule has 0 unspecified atom stereocenters. The number of nitrogens with zero attached hydrogens (tertiary/aromatic N) is 5. The molecular weight excluding hydrogens is 326 g/mol. The molecule has 3 aliphatic rings. The Labute approximate surface area is 150 Å². The molecule has 0 atom stereocenters. The maximum absolute atomic E-state index is 4.87. The summed E-state index contributed by atoms with van der Waals surface area (Å²) in [6.45, 7) is 2.48. The van der Waals surface area contributed by atoms with Crippen LogP contribution in [0.15, 0.2) is 35.5 Å². The summed E-state index contributed by atoms with van der Waals surface area (Å²) in [5, 5.41) is 11.5. The fraction of sp³-hybridized carbons (Fsp3) is 0.316. The van der Waals surface area contributed by atoms with E-state index in [2.05, 4.69) is 55.3 Å². The smallest absolute Gasteiger partial charge is 0.204 e. The lowest BCUT2D eigenvalue weighted by Crippen LogP contribution is -2.08. The van der Waals surface area contributed by atoms with Crippen LogP contribution in [0.4, 0.5) is 11.6 Å². The van der Waals surface area contributed by atoms with E-state index in [1.54, 1.807) is 0 Å². The van der Waals surface area contributed by atoms with Gasteiger partial charge in [0.25, 0.3) is 0 Å². The molecule has 130 valence electrons. The van der Waals surface area contributed by atoms with E-state index in [4.69, 9.17) is 10.1 Å². The monoisotopic (exact) mass is 345 g/mol. The molecule has 7 heteroatoms. The highest BCUT2D eigenvalue weighted by Gasteiger charge is 2.28. The highest BCUT2D eigenvalue weighted by Crippen LogP contribution is 2.39. The quantitative estimate of drug-likeness (QED) is 0.765. The van der Waals surface area contributed by atoms with Crippen LogP contribution in [0.3, 0.4) is 0 Å². The number of rotatable bonds is 3. The molecule has 1 saturated carbocycles. The van der Waals surface area contributed by atoms with Crippen molar-refractivity contribution >= 4 is 17.9 Å². The van der Waals surface area contributed by atoms with Crippen molar-refractivity contribution in [3.8, 4) is 22.6 Å². The second kappa shape index (κ2) is 5.20. The zero-order valence-electron chi connectivity index (χ0n) is 14.3. The average Bonchev–Trinajstić information content (AvgIpc) is 3.08. The summed E-state index contributed by atoms with van der Waals surface area (Å²) in [6, 6.07) is 9.14. The van der Waals surface area contributed by atoms with Crippen LogP contribution in [0, 0.1) is 0 Å². The fourth-order valence-electron chi connectivity index (χ4n) is 3.82. The Morgan fingerprint density at radius 2 is 2.08 bits per heavy atom. The first-order chi connectivity index (χ1) is 12.9. The summed E-state index contributed by atoms with van der Waals surface area (Å²) in [5.41, 5.74) is 6.42. The lowest BCUT2D eigenvalue weighted by atomic mass is 10.0. The van der Waals surface area contributed by atoms with Gasteiger partial charge in [-0.05, 0) is 31.0 Å². The van der Waals surface area contributed by atoms with Crippen molar-refractivity contribution in [2.24, 2.45) is 4.99 Å². The first-order valence-corrected chi connectivity index (χ1v) is 9.15. The second-order valence-electron chi connectivity index (χ2n) is 7.07. The molecule has 0 saturated heterocycles. The maximum Gasteiger partial charge on any atom is 0.204 e. The largest absolute Gasteiger partial charge is 0.366 e. The van der Waals surface area contributed by atoms with Gasteiger partial charge in [-0.25, -0.2) is 4.98 Å². The van der Waals surface area contributed by atoms with Crippen molar-refractivity contribution in [1.82, 2.24) is 19.3 Å². The van der Waals surface area contributed by atoms with Gasteiger partial charge >= 0.3 is 0 Å². The van der Waals surface area contributed by atoms with Gasteiger partial charge in [0.15, 0.2) is 0 Å². The molecule has 1 fully saturated rings. The SMILES string of the molecule is C1=NCNc2ccc(-c3c(-c4ccn(C5CC5)n4)nc4n3CCN4)cc21. The summed E-state index contributed by atoms with van der Waals surface area (Å²) >= 11 is 0. The number of aromatic nitrogens is 4. The summed E-state index contributed by atoms with van der Waals surface area (Å²) < 4.78 is 4.35. The molecule has 0 amide bonds. The predicted octanol–water partition coefficient (Wildman–Crippen LogP) is 2.98. The Morgan fingerprint density at radius 3 is 3.00 bits per heavy atom. The van der Waals surface area contributed by atoms with E-state index >= 15 is 0 Å². The van der Waals surface area contributed by atoms with Crippen LogP contribution in [-0.2, 0) is 6.54 Å². The minimum Gasteiger partial charge on any atom is -0.366 e. The maximum atomic E-state index is 4.87. The van der Waals surface area contributed by atoms with Crippen LogP contribution in [0.1, 0.15) is 24.4 Å². The fourth-order valence-corrected chi connectivity index (χ4v) is 3.82. The normalized spacial score (nSPS) is 17.5. The van der Waals surface area contributed by atoms with Crippen molar-refractivity contribution < 1.29 is 0 Å². The first kappa shape index (κ1) is 14.1. The molecule has 0 spiro atoms. The van der Waals surface area contributed by atoms with Gasteiger partial charge in [0.2, 0.25) is 5.95 Å². The third kappa shape index (κ3) is 2.09. The van der Waals surface area contributed by atoms with E-state index < -0.39 is 0 Å². The first-order valence-electron chi connectivity index (χ1n) is 9.15. The molecule has 26 heavy (non-hydrogen) atoms. The van der Waals surface area contributed by atoms with Crippen LogP contribution >= 0.6 is 0 Å². The third-order valence-electron chi connectivity index (χ3n) is 5.27. The van der Waals surface area contributed by atoms with Gasteiger partial charge in [0, 0.05) is 42.3 Å². The Kier molecular flexibility index (Phi) is 2.83. The average molecular weight is 345 g/mol. The van der Waals surface area contributed by atoms with E-state index in [1.807, 2.05) is 6.21 Å². The number of aliphatic imine (C=N–C) groups is 1. The van der Waals surface area contributed by atoms with Gasteiger partial charge in [0.05, 0.1) is 11.7 Å². The van der Waals surface area contributed by atoms with Crippen molar-refractivity contribution in [3.05, 3.63) is 36.0 Å². The molecule has 7 nitrogen and oxygen atoms in total. The second-order valence-corrected chi connectivity index (χ2v) is 7.07. The molecule has 3 aromatic rings. The van der Waals surface area contributed by atoms with Gasteiger partial charge in [0.1, 0.15) is 18.1 Å². The number of fused-ring (bicyclic) bond motifs is 2. The van der Waals surface area contributed by atoms with E-state index in [0.717, 1.165) is 52.9 Å². The minimum atomic E-state index is 0.575. The highest BCUT2D eigenvalue weighted by molar-refractivity contribution is 5.92. The van der Waals surface area contributed by atoms with Crippen LogP contribution in [-0.4, -0.2) is 38.8 Å². The van der Waals surface area contributed by atoms with E-state index in [9.17, 15) is 0 Å². The van der Waals surface area contributed by atoms with Crippen molar-refractivity contribution in [2.45, 2.75) is 25.4 Å². The van der Waals surface area contributed by atoms with Gasteiger partial charge in [-0.3, -0.25) is 9.67 Å². The molecule has 4 heterocycles. The molecule has 1 aliphatic carbocycles. The molecule has 2 N–H and O–H groups in total.